The summed E-state index contributed by atoms with van der Waals surface area (Å²) in [5.74, 6) is 0.801. The summed E-state index contributed by atoms with van der Waals surface area (Å²) in [5.41, 5.74) is 4.37. The number of hydrogen-bond acceptors (Lipinski definition) is 3. The second-order valence-corrected chi connectivity index (χ2v) is 6.35. The van der Waals surface area contributed by atoms with E-state index in [1.54, 1.807) is 6.33 Å². The number of nitrogens with one attached hydrogen (secondary N) is 1. The highest BCUT2D eigenvalue weighted by Gasteiger charge is 2.09. The van der Waals surface area contributed by atoms with Crippen molar-refractivity contribution in [1.82, 2.24) is 9.97 Å². The van der Waals surface area contributed by atoms with Crippen molar-refractivity contribution in [2.75, 3.05) is 5.32 Å². The minimum Gasteiger partial charge on any atom is -0.412 e. The molecule has 0 aliphatic carbocycles. The Morgan fingerprint density at radius 2 is 1.50 bits per heavy atom. The van der Waals surface area contributed by atoms with Gasteiger partial charge in [-0.1, -0.05) is 35.9 Å². The zero-order valence-electron chi connectivity index (χ0n) is 14.5. The lowest BCUT2D eigenvalue weighted by Gasteiger charge is -2.13. The smallest absolute Gasteiger partial charge is 0.141 e. The van der Waals surface area contributed by atoms with E-state index in [0.29, 0.717) is 0 Å². The molecule has 0 fully saturated rings. The fourth-order valence-electron chi connectivity index (χ4n) is 2.91. The van der Waals surface area contributed by atoms with Gasteiger partial charge in [-0.3, -0.25) is 0 Å². The second kappa shape index (κ2) is 7.66. The Balaban J connectivity index is 0.00000121. The number of hydrogen-bond donors (Lipinski definition) is 1. The summed E-state index contributed by atoms with van der Waals surface area (Å²) in [6.07, 6.45) is 1.59. The number of rotatable bonds is 2. The summed E-state index contributed by atoms with van der Waals surface area (Å²) in [7, 11) is 0. The molecule has 0 unspecified atom stereocenters. The van der Waals surface area contributed by atoms with E-state index >= 15 is 0 Å². The van der Waals surface area contributed by atoms with Gasteiger partial charge >= 0.3 is 0 Å². The molecule has 0 aliphatic rings. The highest BCUT2D eigenvalue weighted by molar-refractivity contribution is 6.36. The average Bonchev–Trinajstić information content (AvgIpc) is 2.59. The molecule has 0 saturated carbocycles. The molecule has 1 heterocycles. The van der Waals surface area contributed by atoms with Crippen LogP contribution in [-0.4, -0.2) is 20.9 Å². The van der Waals surface area contributed by atoms with Gasteiger partial charge in [-0.25, -0.2) is 9.97 Å². The summed E-state index contributed by atoms with van der Waals surface area (Å²) in [4.78, 5) is 8.84. The van der Waals surface area contributed by atoms with E-state index < -0.39 is 0 Å². The minimum atomic E-state index is 0. The molecule has 5 nitrogen and oxygen atoms in total. The van der Waals surface area contributed by atoms with Crippen LogP contribution < -0.4 is 5.32 Å². The molecule has 4 rings (SSSR count). The Morgan fingerprint density at radius 1 is 0.808 bits per heavy atom. The third-order valence-electron chi connectivity index (χ3n) is 4.37. The molecule has 0 amide bonds. The number of aromatic nitrogens is 2. The molecule has 4 aromatic rings. The van der Waals surface area contributed by atoms with Crippen LogP contribution in [0.15, 0.2) is 54.9 Å². The van der Waals surface area contributed by atoms with Crippen LogP contribution in [0, 0.1) is 13.8 Å². The van der Waals surface area contributed by atoms with E-state index in [4.69, 9.17) is 11.6 Å². The molecule has 0 saturated heterocycles. The quantitative estimate of drug-likeness (QED) is 0.574. The maximum absolute atomic E-state index is 6.31. The van der Waals surface area contributed by atoms with E-state index in [-0.39, 0.29) is 11.0 Å². The third-order valence-corrected chi connectivity index (χ3v) is 4.70. The molecule has 134 valence electrons. The molecule has 0 radical (unpaired) electrons. The van der Waals surface area contributed by atoms with Crippen molar-refractivity contribution in [2.24, 2.45) is 0 Å². The van der Waals surface area contributed by atoms with Crippen LogP contribution in [0.5, 0.6) is 0 Å². The number of benzene rings is 3. The first-order valence-electron chi connectivity index (χ1n) is 7.80. The molecule has 1 aromatic heterocycles. The molecular weight excluding hydrogens is 350 g/mol. The highest BCUT2D eigenvalue weighted by Crippen LogP contribution is 2.33. The van der Waals surface area contributed by atoms with Gasteiger partial charge in [0.1, 0.15) is 12.1 Å². The van der Waals surface area contributed by atoms with E-state index in [2.05, 4.69) is 47.3 Å². The summed E-state index contributed by atoms with van der Waals surface area (Å²) >= 11 is 6.31. The van der Waals surface area contributed by atoms with Gasteiger partial charge in [-0.2, -0.15) is 0 Å². The van der Waals surface area contributed by atoms with Crippen LogP contribution in [0.25, 0.3) is 21.7 Å². The molecule has 0 spiro atoms. The Hall–Kier alpha value is -2.73. The van der Waals surface area contributed by atoms with Gasteiger partial charge < -0.3 is 16.3 Å². The number of aryl methyl sites for hydroxylation is 2. The van der Waals surface area contributed by atoms with Crippen molar-refractivity contribution in [3.05, 3.63) is 71.0 Å². The van der Waals surface area contributed by atoms with Crippen LogP contribution in [0.1, 0.15) is 11.1 Å². The van der Waals surface area contributed by atoms with Crippen molar-refractivity contribution in [1.29, 1.82) is 0 Å². The van der Waals surface area contributed by atoms with E-state index in [9.17, 15) is 0 Å². The molecule has 5 N–H and O–H groups in total. The first kappa shape index (κ1) is 19.6. The van der Waals surface area contributed by atoms with Crippen LogP contribution in [-0.2, 0) is 0 Å². The van der Waals surface area contributed by atoms with Crippen LogP contribution >= 0.6 is 11.6 Å². The number of halogens is 1. The summed E-state index contributed by atoms with van der Waals surface area (Å²) in [6, 6.07) is 16.2. The highest BCUT2D eigenvalue weighted by atomic mass is 35.5. The van der Waals surface area contributed by atoms with Gasteiger partial charge in [-0.05, 0) is 49.2 Å². The van der Waals surface area contributed by atoms with Crippen molar-refractivity contribution in [3.63, 3.8) is 0 Å². The van der Waals surface area contributed by atoms with Gasteiger partial charge in [0.25, 0.3) is 0 Å². The Kier molecular flexibility index (Phi) is 5.77. The maximum atomic E-state index is 6.31. The predicted octanol–water partition coefficient (Wildman–Crippen LogP) is 4.15. The lowest BCUT2D eigenvalue weighted by molar-refractivity contribution is 0.823. The SMILES string of the molecule is Cc1cc2ncnc(Nc3ccc(Cl)c4ccccc34)c2cc1C.O.O. The predicted molar refractivity (Wildman–Crippen MR) is 108 cm³/mol. The van der Waals surface area contributed by atoms with Crippen molar-refractivity contribution in [3.8, 4) is 0 Å². The molecular formula is C20H20ClN3O2. The topological polar surface area (TPSA) is 101 Å². The third kappa shape index (κ3) is 3.32. The maximum Gasteiger partial charge on any atom is 0.141 e. The van der Waals surface area contributed by atoms with E-state index in [1.165, 1.54) is 11.1 Å². The zero-order chi connectivity index (χ0) is 16.7. The van der Waals surface area contributed by atoms with E-state index in [0.717, 1.165) is 38.2 Å². The van der Waals surface area contributed by atoms with Gasteiger partial charge in [-0.15, -0.1) is 0 Å². The summed E-state index contributed by atoms with van der Waals surface area (Å²) in [6.45, 7) is 4.19. The first-order chi connectivity index (χ1) is 11.6. The summed E-state index contributed by atoms with van der Waals surface area (Å²) < 4.78 is 0. The van der Waals surface area contributed by atoms with Crippen LogP contribution in [0.3, 0.4) is 0 Å². The first-order valence-corrected chi connectivity index (χ1v) is 8.17. The normalized spacial score (nSPS) is 10.3. The lowest BCUT2D eigenvalue weighted by Crippen LogP contribution is -1.98. The Bertz CT molecular complexity index is 1080. The number of fused-ring (bicyclic) bond motifs is 2. The Morgan fingerprint density at radius 3 is 2.27 bits per heavy atom. The minimum absolute atomic E-state index is 0. The zero-order valence-corrected chi connectivity index (χ0v) is 15.2. The molecule has 6 heteroatoms. The lowest BCUT2D eigenvalue weighted by atomic mass is 10.1. The van der Waals surface area contributed by atoms with E-state index in [1.807, 2.05) is 30.3 Å². The molecule has 0 bridgehead atoms. The van der Waals surface area contributed by atoms with Crippen molar-refractivity contribution >= 4 is 44.8 Å². The van der Waals surface area contributed by atoms with Crippen LogP contribution in [0.4, 0.5) is 11.5 Å². The van der Waals surface area contributed by atoms with Crippen molar-refractivity contribution < 1.29 is 11.0 Å². The molecule has 26 heavy (non-hydrogen) atoms. The average molecular weight is 370 g/mol. The number of nitrogens with zero attached hydrogens (tertiary/aromatic N) is 2. The van der Waals surface area contributed by atoms with Gasteiger partial charge in [0.05, 0.1) is 5.52 Å². The fourth-order valence-corrected chi connectivity index (χ4v) is 3.14. The summed E-state index contributed by atoms with van der Waals surface area (Å²) in [5, 5.41) is 7.31. The van der Waals surface area contributed by atoms with Gasteiger partial charge in [0.15, 0.2) is 0 Å². The Labute approximate surface area is 156 Å². The molecule has 0 aliphatic heterocycles. The standard InChI is InChI=1S/C20H16ClN3.2H2O/c1-12-9-16-19(10-13(12)2)22-11-23-20(16)24-18-8-7-17(21)14-5-3-4-6-15(14)18;;/h3-11H,1-2H3,(H,22,23,24);2*1H2. The van der Waals surface area contributed by atoms with Gasteiger partial charge in [0.2, 0.25) is 0 Å². The van der Waals surface area contributed by atoms with Crippen molar-refractivity contribution in [2.45, 2.75) is 13.8 Å². The molecule has 3 aromatic carbocycles. The largest absolute Gasteiger partial charge is 0.412 e. The van der Waals surface area contributed by atoms with Crippen LogP contribution in [0.2, 0.25) is 5.02 Å². The second-order valence-electron chi connectivity index (χ2n) is 5.94. The number of anilines is 2. The monoisotopic (exact) mass is 369 g/mol. The molecule has 0 atom stereocenters. The van der Waals surface area contributed by atoms with Gasteiger partial charge in [0, 0.05) is 26.9 Å². The fraction of sp³-hybridized carbons (Fsp3) is 0.100.